The minimum atomic E-state index is -0.594. The van der Waals surface area contributed by atoms with E-state index >= 15 is 0 Å². The van der Waals surface area contributed by atoms with Crippen molar-refractivity contribution in [2.45, 2.75) is 0 Å². The third-order valence-corrected chi connectivity index (χ3v) is 1.58. The Morgan fingerprint density at radius 3 is 2.67 bits per heavy atom. The topological polar surface area (TPSA) is 75.4 Å². The van der Waals surface area contributed by atoms with Gasteiger partial charge in [0.1, 0.15) is 5.02 Å². The molecule has 0 spiro atoms. The lowest BCUT2D eigenvalue weighted by atomic mass is 10.3. The van der Waals surface area contributed by atoms with Crippen LogP contribution >= 0.6 is 11.6 Å². The van der Waals surface area contributed by atoms with Crippen molar-refractivity contribution in [3.63, 3.8) is 0 Å². The highest BCUT2D eigenvalue weighted by Crippen LogP contribution is 2.26. The Morgan fingerprint density at radius 1 is 1.58 bits per heavy atom. The molecule has 0 unspecified atom stereocenters. The Labute approximate surface area is 72.7 Å². The molecule has 1 aromatic carbocycles. The molecule has 0 saturated carbocycles. The van der Waals surface area contributed by atoms with Crippen LogP contribution in [0.2, 0.25) is 5.02 Å². The van der Waals surface area contributed by atoms with Gasteiger partial charge in [-0.3, -0.25) is 20.8 Å². The van der Waals surface area contributed by atoms with Gasteiger partial charge in [-0.2, -0.15) is 0 Å². The molecule has 0 radical (unpaired) electrons. The molecule has 1 rings (SSSR count). The fraction of sp³-hybridized carbons (Fsp3) is 0. The Bertz CT molecular complexity index is 316. The van der Waals surface area contributed by atoms with Gasteiger partial charge < -0.3 is 0 Å². The number of nitro benzene ring substituents is 1. The maximum atomic E-state index is 10.3. The average Bonchev–Trinajstić information content (AvgIpc) is 2.03. The van der Waals surface area contributed by atoms with Crippen molar-refractivity contribution in [1.82, 2.24) is 0 Å². The predicted molar refractivity (Wildman–Crippen MR) is 43.5 cm³/mol. The Hall–Kier alpha value is -1.33. The Kier molecular flexibility index (Phi) is 2.47. The normalized spacial score (nSPS) is 9.50. The number of benzene rings is 1. The first kappa shape index (κ1) is 8.76. The van der Waals surface area contributed by atoms with E-state index in [0.717, 1.165) is 0 Å². The monoisotopic (exact) mass is 188 g/mol. The maximum absolute atomic E-state index is 10.3. The molecule has 0 aliphatic carbocycles. The van der Waals surface area contributed by atoms with E-state index in [9.17, 15) is 10.1 Å². The second-order valence-electron chi connectivity index (χ2n) is 2.04. The Balaban J connectivity index is 3.12. The predicted octanol–water partition coefficient (Wildman–Crippen LogP) is 2.05. The molecule has 0 aromatic heterocycles. The molecule has 6 heteroatoms. The number of nitro groups is 1. The van der Waals surface area contributed by atoms with Crippen LogP contribution in [-0.4, -0.2) is 10.1 Å². The first-order chi connectivity index (χ1) is 5.65. The molecule has 0 aliphatic heterocycles. The molecule has 1 aromatic rings. The van der Waals surface area contributed by atoms with E-state index in [-0.39, 0.29) is 10.7 Å². The number of nitrogens with one attached hydrogen (secondary N) is 1. The summed E-state index contributed by atoms with van der Waals surface area (Å²) in [4.78, 5) is 9.67. The lowest BCUT2D eigenvalue weighted by Gasteiger charge is -1.98. The van der Waals surface area contributed by atoms with E-state index in [1.165, 1.54) is 18.2 Å². The van der Waals surface area contributed by atoms with E-state index in [1.54, 1.807) is 0 Å². The molecule has 12 heavy (non-hydrogen) atoms. The molecule has 0 heterocycles. The molecule has 0 amide bonds. The van der Waals surface area contributed by atoms with Crippen LogP contribution in [0.15, 0.2) is 18.2 Å². The number of nitrogens with zero attached hydrogens (tertiary/aromatic N) is 1. The van der Waals surface area contributed by atoms with Gasteiger partial charge >= 0.3 is 0 Å². The highest BCUT2D eigenvalue weighted by molar-refractivity contribution is 6.32. The molecule has 0 fully saturated rings. The molecular formula is C6H5ClN2O3. The van der Waals surface area contributed by atoms with Crippen LogP contribution in [-0.2, 0) is 0 Å². The van der Waals surface area contributed by atoms with Gasteiger partial charge in [0.05, 0.1) is 10.6 Å². The molecule has 0 bridgehead atoms. The maximum Gasteiger partial charge on any atom is 0.288 e. The summed E-state index contributed by atoms with van der Waals surface area (Å²) in [5.41, 5.74) is 1.95. The van der Waals surface area contributed by atoms with Crippen LogP contribution in [0.1, 0.15) is 0 Å². The van der Waals surface area contributed by atoms with Crippen LogP contribution in [0.3, 0.4) is 0 Å². The van der Waals surface area contributed by atoms with Gasteiger partial charge in [-0.25, -0.2) is 0 Å². The smallest absolute Gasteiger partial charge is 0.288 e. The number of rotatable bonds is 2. The zero-order chi connectivity index (χ0) is 9.14. The number of halogens is 1. The van der Waals surface area contributed by atoms with Gasteiger partial charge in [0, 0.05) is 6.07 Å². The lowest BCUT2D eigenvalue weighted by molar-refractivity contribution is -0.384. The standard InChI is InChI=1S/C6H5ClN2O3/c7-5-3-4(8-10)1-2-6(5)9(11)12/h1-3,8,10H. The third kappa shape index (κ3) is 1.63. The van der Waals surface area contributed by atoms with E-state index in [4.69, 9.17) is 16.8 Å². The van der Waals surface area contributed by atoms with Crippen molar-refractivity contribution in [2.75, 3.05) is 5.48 Å². The van der Waals surface area contributed by atoms with Crippen molar-refractivity contribution in [3.8, 4) is 0 Å². The Morgan fingerprint density at radius 2 is 2.25 bits per heavy atom. The fourth-order valence-corrected chi connectivity index (χ4v) is 0.974. The van der Waals surface area contributed by atoms with Crippen LogP contribution in [0.4, 0.5) is 11.4 Å². The van der Waals surface area contributed by atoms with E-state index < -0.39 is 4.92 Å². The van der Waals surface area contributed by atoms with Crippen molar-refractivity contribution < 1.29 is 10.1 Å². The lowest BCUT2D eigenvalue weighted by Crippen LogP contribution is -1.92. The fourth-order valence-electron chi connectivity index (χ4n) is 0.725. The molecule has 64 valence electrons. The average molecular weight is 189 g/mol. The quantitative estimate of drug-likeness (QED) is 0.550. The molecule has 5 nitrogen and oxygen atoms in total. The third-order valence-electron chi connectivity index (χ3n) is 1.27. The molecule has 0 saturated heterocycles. The van der Waals surface area contributed by atoms with Gasteiger partial charge in [-0.15, -0.1) is 0 Å². The second kappa shape index (κ2) is 3.38. The molecule has 2 N–H and O–H groups in total. The number of hydrogen-bond donors (Lipinski definition) is 2. The minimum absolute atomic E-state index is 0.0148. The summed E-state index contributed by atoms with van der Waals surface area (Å²) in [6.07, 6.45) is 0. The highest BCUT2D eigenvalue weighted by atomic mass is 35.5. The summed E-state index contributed by atoms with van der Waals surface area (Å²) >= 11 is 5.51. The molecule has 0 atom stereocenters. The molecule has 0 aliphatic rings. The summed E-state index contributed by atoms with van der Waals surface area (Å²) in [6.45, 7) is 0. The summed E-state index contributed by atoms with van der Waals surface area (Å²) in [7, 11) is 0. The first-order valence-electron chi connectivity index (χ1n) is 2.99. The zero-order valence-corrected chi connectivity index (χ0v) is 6.58. The van der Waals surface area contributed by atoms with E-state index in [1.807, 2.05) is 5.48 Å². The van der Waals surface area contributed by atoms with Crippen molar-refractivity contribution >= 4 is 23.0 Å². The van der Waals surface area contributed by atoms with Crippen molar-refractivity contribution in [1.29, 1.82) is 0 Å². The summed E-state index contributed by atoms with van der Waals surface area (Å²) < 4.78 is 0. The van der Waals surface area contributed by atoms with Crippen LogP contribution in [0, 0.1) is 10.1 Å². The number of hydrogen-bond acceptors (Lipinski definition) is 4. The van der Waals surface area contributed by atoms with Crippen LogP contribution in [0.5, 0.6) is 0 Å². The molecular weight excluding hydrogens is 184 g/mol. The van der Waals surface area contributed by atoms with E-state index in [2.05, 4.69) is 0 Å². The van der Waals surface area contributed by atoms with Gasteiger partial charge in [0.25, 0.3) is 5.69 Å². The minimum Gasteiger partial charge on any atom is -0.291 e. The largest absolute Gasteiger partial charge is 0.291 e. The van der Waals surface area contributed by atoms with Gasteiger partial charge in [0.2, 0.25) is 0 Å². The van der Waals surface area contributed by atoms with Gasteiger partial charge in [0.15, 0.2) is 0 Å². The van der Waals surface area contributed by atoms with E-state index in [0.29, 0.717) is 5.69 Å². The van der Waals surface area contributed by atoms with Crippen molar-refractivity contribution in [2.24, 2.45) is 0 Å². The van der Waals surface area contributed by atoms with Gasteiger partial charge in [-0.1, -0.05) is 11.6 Å². The summed E-state index contributed by atoms with van der Waals surface area (Å²) in [6, 6.07) is 3.82. The second-order valence-corrected chi connectivity index (χ2v) is 2.44. The zero-order valence-electron chi connectivity index (χ0n) is 5.82. The number of anilines is 1. The summed E-state index contributed by atoms with van der Waals surface area (Å²) in [5.74, 6) is 0. The summed E-state index contributed by atoms with van der Waals surface area (Å²) in [5, 5.41) is 18.7. The van der Waals surface area contributed by atoms with Crippen LogP contribution < -0.4 is 5.48 Å². The SMILES string of the molecule is O=[N+]([O-])c1ccc(NO)cc1Cl. The first-order valence-corrected chi connectivity index (χ1v) is 3.37. The van der Waals surface area contributed by atoms with Crippen LogP contribution in [0.25, 0.3) is 0 Å². The highest BCUT2D eigenvalue weighted by Gasteiger charge is 2.11. The van der Waals surface area contributed by atoms with Gasteiger partial charge in [-0.05, 0) is 12.1 Å². The van der Waals surface area contributed by atoms with Crippen molar-refractivity contribution in [3.05, 3.63) is 33.3 Å².